The number of para-hydroxylation sites is 1. The van der Waals surface area contributed by atoms with Gasteiger partial charge < -0.3 is 11.1 Å². The number of hydrogen-bond donors (Lipinski definition) is 2. The van der Waals surface area contributed by atoms with E-state index in [1.807, 2.05) is 31.2 Å². The molecule has 5 heteroatoms. The Morgan fingerprint density at radius 1 is 1.38 bits per heavy atom. The van der Waals surface area contributed by atoms with Crippen LogP contribution < -0.4 is 11.1 Å². The molecular weight excluding hydrogens is 282 g/mol. The van der Waals surface area contributed by atoms with Crippen molar-refractivity contribution in [2.24, 2.45) is 11.1 Å². The molecule has 3 N–H and O–H groups in total. The van der Waals surface area contributed by atoms with Gasteiger partial charge in [-0.15, -0.1) is 0 Å². The molecule has 1 aromatic carbocycles. The SMILES string of the molecule is Cc1ccccc1NC(=O)CN1CCC(C)(C(N)=S)CC1. The number of benzene rings is 1. The van der Waals surface area contributed by atoms with Crippen LogP contribution in [0.5, 0.6) is 0 Å². The highest BCUT2D eigenvalue weighted by atomic mass is 32.1. The maximum Gasteiger partial charge on any atom is 0.238 e. The van der Waals surface area contributed by atoms with Crippen molar-refractivity contribution in [1.82, 2.24) is 4.90 Å². The molecule has 0 aromatic heterocycles. The Morgan fingerprint density at radius 3 is 2.57 bits per heavy atom. The second kappa shape index (κ2) is 6.54. The lowest BCUT2D eigenvalue weighted by molar-refractivity contribution is -0.117. The number of carbonyl (C=O) groups excluding carboxylic acids is 1. The molecule has 1 fully saturated rings. The molecule has 1 saturated heterocycles. The average Bonchev–Trinajstić information content (AvgIpc) is 2.44. The van der Waals surface area contributed by atoms with Gasteiger partial charge in [0, 0.05) is 11.1 Å². The molecule has 0 atom stereocenters. The largest absolute Gasteiger partial charge is 0.393 e. The molecule has 0 saturated carbocycles. The van der Waals surface area contributed by atoms with Crippen LogP contribution in [0, 0.1) is 12.3 Å². The van der Waals surface area contributed by atoms with Gasteiger partial charge in [0.1, 0.15) is 0 Å². The number of nitrogens with zero attached hydrogens (tertiary/aromatic N) is 1. The summed E-state index contributed by atoms with van der Waals surface area (Å²) in [4.78, 5) is 14.9. The summed E-state index contributed by atoms with van der Waals surface area (Å²) < 4.78 is 0. The zero-order valence-electron chi connectivity index (χ0n) is 12.7. The van der Waals surface area contributed by atoms with Crippen molar-refractivity contribution in [3.05, 3.63) is 29.8 Å². The van der Waals surface area contributed by atoms with Crippen molar-refractivity contribution in [3.8, 4) is 0 Å². The molecule has 1 aliphatic heterocycles. The second-order valence-electron chi connectivity index (χ2n) is 6.06. The van der Waals surface area contributed by atoms with Gasteiger partial charge in [0.15, 0.2) is 0 Å². The summed E-state index contributed by atoms with van der Waals surface area (Å²) in [6.45, 7) is 6.23. The number of nitrogens with two attached hydrogens (primary N) is 1. The lowest BCUT2D eigenvalue weighted by Crippen LogP contribution is -2.46. The molecule has 2 rings (SSSR count). The Morgan fingerprint density at radius 2 is 2.00 bits per heavy atom. The number of nitrogens with one attached hydrogen (secondary N) is 1. The van der Waals surface area contributed by atoms with Crippen molar-refractivity contribution >= 4 is 28.8 Å². The van der Waals surface area contributed by atoms with E-state index in [2.05, 4.69) is 17.1 Å². The monoisotopic (exact) mass is 305 g/mol. The lowest BCUT2D eigenvalue weighted by Gasteiger charge is -2.38. The normalized spacial score (nSPS) is 18.2. The number of aryl methyl sites for hydroxylation is 1. The predicted molar refractivity (Wildman–Crippen MR) is 90.4 cm³/mol. The van der Waals surface area contributed by atoms with E-state index < -0.39 is 0 Å². The highest BCUT2D eigenvalue weighted by molar-refractivity contribution is 7.80. The fraction of sp³-hybridized carbons (Fsp3) is 0.500. The summed E-state index contributed by atoms with van der Waals surface area (Å²) in [6, 6.07) is 7.81. The van der Waals surface area contributed by atoms with Crippen molar-refractivity contribution < 1.29 is 4.79 Å². The molecule has 0 spiro atoms. The first kappa shape index (κ1) is 15.9. The maximum atomic E-state index is 12.1. The van der Waals surface area contributed by atoms with Gasteiger partial charge in [-0.3, -0.25) is 9.69 Å². The predicted octanol–water partition coefficient (Wildman–Crippen LogP) is 2.32. The van der Waals surface area contributed by atoms with Crippen LogP contribution in [-0.4, -0.2) is 35.4 Å². The van der Waals surface area contributed by atoms with Gasteiger partial charge in [0.2, 0.25) is 5.91 Å². The van der Waals surface area contributed by atoms with E-state index in [1.165, 1.54) is 0 Å². The molecule has 0 radical (unpaired) electrons. The number of amides is 1. The van der Waals surface area contributed by atoms with Crippen molar-refractivity contribution in [2.45, 2.75) is 26.7 Å². The zero-order chi connectivity index (χ0) is 15.5. The smallest absolute Gasteiger partial charge is 0.238 e. The van der Waals surface area contributed by atoms with Crippen LogP contribution in [0.3, 0.4) is 0 Å². The van der Waals surface area contributed by atoms with E-state index in [-0.39, 0.29) is 11.3 Å². The quantitative estimate of drug-likeness (QED) is 0.838. The fourth-order valence-electron chi connectivity index (χ4n) is 2.56. The first-order valence-electron chi connectivity index (χ1n) is 7.28. The summed E-state index contributed by atoms with van der Waals surface area (Å²) in [6.07, 6.45) is 1.83. The van der Waals surface area contributed by atoms with Crippen LogP contribution >= 0.6 is 12.2 Å². The van der Waals surface area contributed by atoms with E-state index in [4.69, 9.17) is 18.0 Å². The van der Waals surface area contributed by atoms with Crippen LogP contribution in [0.1, 0.15) is 25.3 Å². The van der Waals surface area contributed by atoms with E-state index in [1.54, 1.807) is 0 Å². The number of piperidine rings is 1. The summed E-state index contributed by atoms with van der Waals surface area (Å²) in [5, 5.41) is 2.97. The lowest BCUT2D eigenvalue weighted by atomic mass is 9.80. The van der Waals surface area contributed by atoms with Gasteiger partial charge in [-0.2, -0.15) is 0 Å². The van der Waals surface area contributed by atoms with Crippen molar-refractivity contribution in [2.75, 3.05) is 25.0 Å². The van der Waals surface area contributed by atoms with Gasteiger partial charge in [-0.1, -0.05) is 37.3 Å². The molecule has 1 heterocycles. The minimum Gasteiger partial charge on any atom is -0.393 e. The topological polar surface area (TPSA) is 58.4 Å². The van der Waals surface area contributed by atoms with Crippen LogP contribution in [-0.2, 0) is 4.79 Å². The van der Waals surface area contributed by atoms with Gasteiger partial charge >= 0.3 is 0 Å². The molecule has 1 amide bonds. The minimum atomic E-state index is -0.0572. The van der Waals surface area contributed by atoms with E-state index in [9.17, 15) is 4.79 Å². The average molecular weight is 305 g/mol. The Labute approximate surface area is 131 Å². The molecule has 4 nitrogen and oxygen atoms in total. The van der Waals surface area contributed by atoms with Gasteiger partial charge in [0.05, 0.1) is 11.5 Å². The highest BCUT2D eigenvalue weighted by Gasteiger charge is 2.33. The molecule has 0 bridgehead atoms. The number of carbonyl (C=O) groups is 1. The highest BCUT2D eigenvalue weighted by Crippen LogP contribution is 2.31. The molecule has 114 valence electrons. The van der Waals surface area contributed by atoms with E-state index in [0.29, 0.717) is 11.5 Å². The molecule has 21 heavy (non-hydrogen) atoms. The molecule has 0 unspecified atom stereocenters. The third-order valence-electron chi connectivity index (χ3n) is 4.34. The summed E-state index contributed by atoms with van der Waals surface area (Å²) >= 11 is 5.14. The Hall–Kier alpha value is -1.46. The zero-order valence-corrected chi connectivity index (χ0v) is 13.5. The van der Waals surface area contributed by atoms with Crippen LogP contribution in [0.2, 0.25) is 0 Å². The molecule has 0 aliphatic carbocycles. The second-order valence-corrected chi connectivity index (χ2v) is 6.50. The number of hydrogen-bond acceptors (Lipinski definition) is 3. The molecule has 1 aliphatic rings. The van der Waals surface area contributed by atoms with Gasteiger partial charge in [-0.25, -0.2) is 0 Å². The third-order valence-corrected chi connectivity index (χ3v) is 4.83. The molecular formula is C16H23N3OS. The fourth-order valence-corrected chi connectivity index (χ4v) is 2.76. The Bertz CT molecular complexity index is 536. The van der Waals surface area contributed by atoms with Crippen molar-refractivity contribution in [3.63, 3.8) is 0 Å². The van der Waals surface area contributed by atoms with Crippen molar-refractivity contribution in [1.29, 1.82) is 0 Å². The number of anilines is 1. The number of likely N-dealkylation sites (tertiary alicyclic amines) is 1. The van der Waals surface area contributed by atoms with Crippen LogP contribution in [0.25, 0.3) is 0 Å². The minimum absolute atomic E-state index is 0.0308. The standard InChI is InChI=1S/C16H23N3OS/c1-12-5-3-4-6-13(12)18-14(20)11-19-9-7-16(2,8-10-19)15(17)21/h3-6H,7-11H2,1-2H3,(H2,17,21)(H,18,20). The summed E-state index contributed by atoms with van der Waals surface area (Å²) in [7, 11) is 0. The van der Waals surface area contributed by atoms with Gasteiger partial charge in [0.25, 0.3) is 0 Å². The molecule has 1 aromatic rings. The Kier molecular flexibility index (Phi) is 4.96. The number of rotatable bonds is 4. The van der Waals surface area contributed by atoms with Crippen LogP contribution in [0.15, 0.2) is 24.3 Å². The van der Waals surface area contributed by atoms with Gasteiger partial charge in [-0.05, 0) is 44.5 Å². The maximum absolute atomic E-state index is 12.1. The third kappa shape index (κ3) is 4.02. The van der Waals surface area contributed by atoms with Crippen LogP contribution in [0.4, 0.5) is 5.69 Å². The van der Waals surface area contributed by atoms with E-state index >= 15 is 0 Å². The van der Waals surface area contributed by atoms with E-state index in [0.717, 1.165) is 37.2 Å². The first-order chi connectivity index (χ1) is 9.90. The first-order valence-corrected chi connectivity index (χ1v) is 7.69. The Balaban J connectivity index is 1.85. The summed E-state index contributed by atoms with van der Waals surface area (Å²) in [5.41, 5.74) is 7.70. The summed E-state index contributed by atoms with van der Waals surface area (Å²) in [5.74, 6) is 0.0308. The number of thiocarbonyl (C=S) groups is 1.